The van der Waals surface area contributed by atoms with Crippen LogP contribution >= 0.6 is 0 Å². The number of ether oxygens (including phenoxy) is 5. The van der Waals surface area contributed by atoms with Crippen LogP contribution in [0.25, 0.3) is 0 Å². The molecule has 35 heavy (non-hydrogen) atoms. The molecule has 13 heteroatoms. The molecule has 2 aliphatic heterocycles. The van der Waals surface area contributed by atoms with Gasteiger partial charge in [0.05, 0.1) is 32.0 Å². The summed E-state index contributed by atoms with van der Waals surface area (Å²) in [6.07, 6.45) is -10.5. The number of aliphatic hydroxyl groups is 6. The first-order valence-corrected chi connectivity index (χ1v) is 12.1. The average Bonchev–Trinajstić information content (AvgIpc) is 2.81. The first kappa shape index (κ1) is 28.4. The van der Waals surface area contributed by atoms with Crippen molar-refractivity contribution in [2.24, 2.45) is 17.6 Å². The van der Waals surface area contributed by atoms with Crippen molar-refractivity contribution in [1.29, 1.82) is 0 Å². The third-order valence-corrected chi connectivity index (χ3v) is 7.27. The molecule has 2 saturated heterocycles. The van der Waals surface area contributed by atoms with Gasteiger partial charge in [-0.2, -0.15) is 0 Å². The molecule has 0 radical (unpaired) electrons. The summed E-state index contributed by atoms with van der Waals surface area (Å²) < 4.78 is 27.4. The molecule has 0 bridgehead atoms. The molecule has 0 aromatic rings. The van der Waals surface area contributed by atoms with Gasteiger partial charge in [0.15, 0.2) is 12.4 Å². The maximum atomic E-state index is 11.3. The number of carbonyl (C=O) groups is 1. The van der Waals surface area contributed by atoms with Crippen LogP contribution in [0, 0.1) is 11.8 Å². The van der Waals surface area contributed by atoms with Gasteiger partial charge in [-0.05, 0) is 44.4 Å². The zero-order valence-corrected chi connectivity index (χ0v) is 19.8. The Morgan fingerprint density at radius 3 is 2.17 bits per heavy atom. The number of aliphatic hydroxyl groups excluding tert-OH is 6. The van der Waals surface area contributed by atoms with E-state index >= 15 is 0 Å². The highest BCUT2D eigenvalue weighted by atomic mass is 16.7. The standard InChI is InChI=1S/C22H39NO12/c1-10-19(34-21-20(35-22(23)30)18(29)16(27)14(9-25)33-21)17(28)15(26)13(32-10)8-12-3-2-11(12)4-6-31-7-5-24/h10-21,24-29H,2-9H2,1H3,(H2,23,30)/t10?,11?,12?,13-,14+,15+,16+,17-,18-,19+,20-,21+/m0/s1. The van der Waals surface area contributed by atoms with Crippen LogP contribution in [0.15, 0.2) is 0 Å². The van der Waals surface area contributed by atoms with Crippen molar-refractivity contribution in [3.05, 3.63) is 0 Å². The van der Waals surface area contributed by atoms with Crippen molar-refractivity contribution in [3.8, 4) is 0 Å². The monoisotopic (exact) mass is 509 g/mol. The second-order valence-corrected chi connectivity index (χ2v) is 9.53. The Hall–Kier alpha value is -1.13. The highest BCUT2D eigenvalue weighted by Crippen LogP contribution is 2.42. The summed E-state index contributed by atoms with van der Waals surface area (Å²) in [5, 5.41) is 60.3. The molecule has 1 saturated carbocycles. The van der Waals surface area contributed by atoms with Gasteiger partial charge in [0.1, 0.15) is 36.6 Å². The summed E-state index contributed by atoms with van der Waals surface area (Å²) in [6, 6.07) is 0. The molecule has 3 aliphatic rings. The molecule has 0 aromatic heterocycles. The fraction of sp³-hybridized carbons (Fsp3) is 0.955. The molecule has 1 amide bonds. The Morgan fingerprint density at radius 2 is 1.57 bits per heavy atom. The maximum Gasteiger partial charge on any atom is 0.405 e. The van der Waals surface area contributed by atoms with Crippen LogP contribution < -0.4 is 5.73 Å². The van der Waals surface area contributed by atoms with Gasteiger partial charge in [-0.25, -0.2) is 4.79 Å². The molecule has 0 spiro atoms. The second kappa shape index (κ2) is 12.9. The van der Waals surface area contributed by atoms with Crippen LogP contribution in [0.5, 0.6) is 0 Å². The maximum absolute atomic E-state index is 11.3. The lowest BCUT2D eigenvalue weighted by atomic mass is 9.68. The Bertz CT molecular complexity index is 670. The van der Waals surface area contributed by atoms with Crippen molar-refractivity contribution in [3.63, 3.8) is 0 Å². The molecule has 3 unspecified atom stereocenters. The zero-order chi connectivity index (χ0) is 25.7. The Balaban J connectivity index is 1.60. The van der Waals surface area contributed by atoms with Gasteiger partial charge in [-0.15, -0.1) is 0 Å². The van der Waals surface area contributed by atoms with Gasteiger partial charge in [0.2, 0.25) is 0 Å². The number of primary amides is 1. The minimum absolute atomic E-state index is 0.0171. The lowest BCUT2D eigenvalue weighted by Gasteiger charge is -2.48. The predicted octanol–water partition coefficient (Wildman–Crippen LogP) is -2.40. The van der Waals surface area contributed by atoms with Crippen LogP contribution in [0.1, 0.15) is 32.6 Å². The van der Waals surface area contributed by atoms with Gasteiger partial charge < -0.3 is 60.1 Å². The Morgan fingerprint density at radius 1 is 0.914 bits per heavy atom. The highest BCUT2D eigenvalue weighted by molar-refractivity contribution is 5.64. The van der Waals surface area contributed by atoms with E-state index in [2.05, 4.69) is 0 Å². The van der Waals surface area contributed by atoms with Crippen LogP contribution in [0.2, 0.25) is 0 Å². The number of nitrogens with two attached hydrogens (primary N) is 1. The van der Waals surface area contributed by atoms with Crippen LogP contribution in [-0.2, 0) is 23.7 Å². The molecule has 8 N–H and O–H groups in total. The molecular formula is C22H39NO12. The molecule has 3 rings (SSSR count). The normalized spacial score (nSPS) is 44.0. The van der Waals surface area contributed by atoms with Gasteiger partial charge in [0.25, 0.3) is 0 Å². The van der Waals surface area contributed by atoms with E-state index in [9.17, 15) is 30.3 Å². The molecule has 1 aliphatic carbocycles. The summed E-state index contributed by atoms with van der Waals surface area (Å²) in [5.41, 5.74) is 5.06. The van der Waals surface area contributed by atoms with E-state index in [-0.39, 0.29) is 6.61 Å². The molecule has 2 heterocycles. The fourth-order valence-electron chi connectivity index (χ4n) is 5.12. The topological polar surface area (TPSA) is 211 Å². The minimum atomic E-state index is -1.68. The molecule has 13 nitrogen and oxygen atoms in total. The van der Waals surface area contributed by atoms with Gasteiger partial charge in [-0.3, -0.25) is 0 Å². The van der Waals surface area contributed by atoms with E-state index in [4.69, 9.17) is 34.5 Å². The number of rotatable bonds is 11. The summed E-state index contributed by atoms with van der Waals surface area (Å²) in [6.45, 7) is 1.83. The van der Waals surface area contributed by atoms with E-state index < -0.39 is 73.9 Å². The lowest BCUT2D eigenvalue weighted by Crippen LogP contribution is -2.64. The largest absolute Gasteiger partial charge is 0.438 e. The lowest BCUT2D eigenvalue weighted by molar-refractivity contribution is -0.338. The minimum Gasteiger partial charge on any atom is -0.438 e. The molecular weight excluding hydrogens is 470 g/mol. The predicted molar refractivity (Wildman–Crippen MR) is 117 cm³/mol. The third kappa shape index (κ3) is 6.80. The SMILES string of the molecule is CC1O[C@@H](CC2CCC2CCOCCO)[C@@H](O)[C@H](O)[C@@H]1O[C@H]1O[C@H](CO)[C@@H](O)[C@H](O)[C@@H]1OC(N)=O. The van der Waals surface area contributed by atoms with E-state index in [1.54, 1.807) is 6.92 Å². The van der Waals surface area contributed by atoms with E-state index in [1.165, 1.54) is 0 Å². The summed E-state index contributed by atoms with van der Waals surface area (Å²) in [5.74, 6) is 0.720. The van der Waals surface area contributed by atoms with Crippen LogP contribution in [0.3, 0.4) is 0 Å². The van der Waals surface area contributed by atoms with Crippen LogP contribution in [0.4, 0.5) is 4.79 Å². The number of carbonyl (C=O) groups excluding carboxylic acids is 1. The quantitative estimate of drug-likeness (QED) is 0.145. The Labute approximate surface area is 203 Å². The van der Waals surface area contributed by atoms with Crippen LogP contribution in [-0.4, -0.2) is 124 Å². The fourth-order valence-corrected chi connectivity index (χ4v) is 5.12. The first-order valence-electron chi connectivity index (χ1n) is 12.1. The van der Waals surface area contributed by atoms with Crippen molar-refractivity contribution >= 4 is 6.09 Å². The summed E-state index contributed by atoms with van der Waals surface area (Å²) in [7, 11) is 0. The van der Waals surface area contributed by atoms with Crippen molar-refractivity contribution < 1.29 is 59.1 Å². The smallest absolute Gasteiger partial charge is 0.405 e. The molecule has 3 fully saturated rings. The summed E-state index contributed by atoms with van der Waals surface area (Å²) >= 11 is 0. The zero-order valence-electron chi connectivity index (χ0n) is 19.8. The Kier molecular flexibility index (Phi) is 10.5. The van der Waals surface area contributed by atoms with E-state index in [1.807, 2.05) is 0 Å². The third-order valence-electron chi connectivity index (χ3n) is 7.27. The molecule has 204 valence electrons. The van der Waals surface area contributed by atoms with E-state index in [0.717, 1.165) is 19.3 Å². The number of hydrogen-bond donors (Lipinski definition) is 7. The molecule has 12 atom stereocenters. The average molecular weight is 510 g/mol. The second-order valence-electron chi connectivity index (χ2n) is 9.53. The van der Waals surface area contributed by atoms with Crippen molar-refractivity contribution in [1.82, 2.24) is 0 Å². The van der Waals surface area contributed by atoms with Crippen molar-refractivity contribution in [2.75, 3.05) is 26.4 Å². The first-order chi connectivity index (χ1) is 16.7. The van der Waals surface area contributed by atoms with Gasteiger partial charge >= 0.3 is 6.09 Å². The number of amides is 1. The van der Waals surface area contributed by atoms with Gasteiger partial charge in [-0.1, -0.05) is 0 Å². The van der Waals surface area contributed by atoms with Gasteiger partial charge in [0, 0.05) is 6.61 Å². The van der Waals surface area contributed by atoms with Crippen molar-refractivity contribution in [2.45, 2.75) is 93.8 Å². The highest BCUT2D eigenvalue weighted by Gasteiger charge is 2.51. The number of hydrogen-bond acceptors (Lipinski definition) is 12. The van der Waals surface area contributed by atoms with E-state index in [0.29, 0.717) is 31.5 Å². The molecule has 0 aromatic carbocycles. The summed E-state index contributed by atoms with van der Waals surface area (Å²) in [4.78, 5) is 11.3.